The molecule has 2 atom stereocenters. The van der Waals surface area contributed by atoms with Crippen LogP contribution in [0.25, 0.3) is 22.5 Å². The van der Waals surface area contributed by atoms with Crippen molar-refractivity contribution < 1.29 is 52.4 Å². The van der Waals surface area contributed by atoms with Crippen LogP contribution < -0.4 is 16.0 Å². The lowest BCUT2D eigenvalue weighted by Gasteiger charge is -2.33. The number of fused-ring (bicyclic) bond motifs is 6. The van der Waals surface area contributed by atoms with Gasteiger partial charge in [0.15, 0.2) is 11.5 Å². The standard InChI is InChI=1S/C23H32N4O6.C19H24N4O5/c1-14-18-17(33-20(14)21(28)24-11-16-13-31-9-10-32-16)6-5-15-12-26(25-19(15)18)7-8-27(22(29)30)23(2,3)4;1-11-15-14(28-17(11)18(24)21-9-13-3-2-8-27-13)5-4-12-10-23(22-16(12)15)7-6-20-19(25)26/h12,16H,5-11,13H2,1-4H3,(H,24,28)(H,29,30);10,13,20H,2-9H2,1H3,(H,21,24)(H,25,26)/t16-;13-/m10/s1. The van der Waals surface area contributed by atoms with Crippen LogP contribution in [0.4, 0.5) is 9.59 Å². The van der Waals surface area contributed by atoms with Crippen LogP contribution in [0, 0.1) is 13.8 Å². The van der Waals surface area contributed by atoms with Crippen molar-refractivity contribution in [1.82, 2.24) is 40.4 Å². The SMILES string of the molecule is Cc1c(C(=O)NC[C@@H]2CCCO2)oc2c1-c1nn(CCNC(=O)O)cc1CC2.Cc1c(C(=O)NC[C@@H]2COCCO2)oc2c1-c1nn(CCN(C(=O)O)C(C)(C)C)cc1CC2. The van der Waals surface area contributed by atoms with Crippen molar-refractivity contribution in [3.8, 4) is 22.5 Å². The first-order valence-electron chi connectivity index (χ1n) is 20.9. The van der Waals surface area contributed by atoms with E-state index in [-0.39, 0.29) is 30.6 Å². The van der Waals surface area contributed by atoms with E-state index in [0.717, 1.165) is 88.6 Å². The fourth-order valence-electron chi connectivity index (χ4n) is 8.22. The number of rotatable bonds is 12. The molecule has 0 radical (unpaired) electrons. The molecule has 61 heavy (non-hydrogen) atoms. The van der Waals surface area contributed by atoms with Crippen LogP contribution >= 0.6 is 0 Å². The number of carboxylic acid groups (broad SMARTS) is 2. The maximum Gasteiger partial charge on any atom is 0.407 e. The molecule has 6 heterocycles. The minimum Gasteiger partial charge on any atom is -0.465 e. The molecule has 4 amide bonds. The largest absolute Gasteiger partial charge is 0.465 e. The predicted octanol–water partition coefficient (Wildman–Crippen LogP) is 4.20. The van der Waals surface area contributed by atoms with Crippen LogP contribution in [0.5, 0.6) is 0 Å². The van der Waals surface area contributed by atoms with Gasteiger partial charge in [-0.25, -0.2) is 9.59 Å². The molecular formula is C42H56N8O11. The van der Waals surface area contributed by atoms with E-state index in [0.29, 0.717) is 76.9 Å². The molecule has 2 fully saturated rings. The molecule has 5 N–H and O–H groups in total. The van der Waals surface area contributed by atoms with E-state index in [1.807, 2.05) is 47.0 Å². The third kappa shape index (κ3) is 9.95. The summed E-state index contributed by atoms with van der Waals surface area (Å²) >= 11 is 0. The molecular weight excluding hydrogens is 793 g/mol. The Hall–Kier alpha value is -5.66. The number of aryl methyl sites for hydroxylation is 4. The van der Waals surface area contributed by atoms with Gasteiger partial charge in [-0.15, -0.1) is 0 Å². The van der Waals surface area contributed by atoms with E-state index in [4.69, 9.17) is 33.3 Å². The molecule has 0 unspecified atom stereocenters. The normalized spacial score (nSPS) is 17.9. The summed E-state index contributed by atoms with van der Waals surface area (Å²) in [7, 11) is 0. The zero-order valence-corrected chi connectivity index (χ0v) is 35.4. The summed E-state index contributed by atoms with van der Waals surface area (Å²) in [6.07, 6.45) is 6.74. The van der Waals surface area contributed by atoms with Gasteiger partial charge in [0.25, 0.3) is 11.8 Å². The second-order valence-corrected chi connectivity index (χ2v) is 16.7. The average Bonchev–Trinajstić information content (AvgIpc) is 4.06. The number of nitrogens with zero attached hydrogens (tertiary/aromatic N) is 5. The van der Waals surface area contributed by atoms with Gasteiger partial charge in [0, 0.05) is 85.8 Å². The van der Waals surface area contributed by atoms with Crippen molar-refractivity contribution in [3.05, 3.63) is 57.7 Å². The monoisotopic (exact) mass is 848 g/mol. The second kappa shape index (κ2) is 18.5. The molecule has 0 saturated carbocycles. The summed E-state index contributed by atoms with van der Waals surface area (Å²) in [6, 6.07) is 0. The Kier molecular flexibility index (Phi) is 13.2. The summed E-state index contributed by atoms with van der Waals surface area (Å²) in [4.78, 5) is 49.0. The predicted molar refractivity (Wildman–Crippen MR) is 219 cm³/mol. The van der Waals surface area contributed by atoms with Gasteiger partial charge in [-0.1, -0.05) is 0 Å². The maximum absolute atomic E-state index is 12.8. The average molecular weight is 849 g/mol. The molecule has 2 saturated heterocycles. The highest BCUT2D eigenvalue weighted by Gasteiger charge is 2.32. The Labute approximate surface area is 353 Å². The van der Waals surface area contributed by atoms with Crippen molar-refractivity contribution in [2.45, 2.75) is 104 Å². The fraction of sp³-hybridized carbons (Fsp3) is 0.571. The van der Waals surface area contributed by atoms with Crippen LogP contribution in [0.15, 0.2) is 21.2 Å². The van der Waals surface area contributed by atoms with Crippen LogP contribution in [0.1, 0.15) is 88.5 Å². The van der Waals surface area contributed by atoms with E-state index in [2.05, 4.69) is 21.0 Å². The van der Waals surface area contributed by atoms with Gasteiger partial charge in [-0.05, 0) is 71.4 Å². The summed E-state index contributed by atoms with van der Waals surface area (Å²) in [5.74, 6) is 1.66. The number of amides is 4. The van der Waals surface area contributed by atoms with Crippen molar-refractivity contribution >= 4 is 24.0 Å². The van der Waals surface area contributed by atoms with Crippen LogP contribution in [0.3, 0.4) is 0 Å². The zero-order chi connectivity index (χ0) is 43.4. The van der Waals surface area contributed by atoms with E-state index in [1.54, 1.807) is 9.36 Å². The highest BCUT2D eigenvalue weighted by molar-refractivity contribution is 5.96. The molecule has 0 aromatic carbocycles. The second-order valence-electron chi connectivity index (χ2n) is 16.7. The number of furan rings is 2. The van der Waals surface area contributed by atoms with Gasteiger partial charge in [0.1, 0.15) is 11.5 Å². The first kappa shape index (κ1) is 43.4. The first-order valence-corrected chi connectivity index (χ1v) is 20.9. The number of ether oxygens (including phenoxy) is 3. The maximum atomic E-state index is 12.8. The number of carbonyl (C=O) groups is 4. The van der Waals surface area contributed by atoms with Gasteiger partial charge in [-0.3, -0.25) is 19.0 Å². The molecule has 4 aliphatic rings. The zero-order valence-electron chi connectivity index (χ0n) is 35.4. The summed E-state index contributed by atoms with van der Waals surface area (Å²) in [6.45, 7) is 14.0. The third-order valence-electron chi connectivity index (χ3n) is 11.3. The van der Waals surface area contributed by atoms with Gasteiger partial charge in [0.2, 0.25) is 0 Å². The molecule has 19 heteroatoms. The van der Waals surface area contributed by atoms with E-state index in [1.165, 1.54) is 4.90 Å². The Morgan fingerprint density at radius 2 is 1.33 bits per heavy atom. The molecule has 2 aliphatic heterocycles. The smallest absolute Gasteiger partial charge is 0.407 e. The first-order chi connectivity index (χ1) is 29.2. The Morgan fingerprint density at radius 1 is 0.770 bits per heavy atom. The fourth-order valence-corrected chi connectivity index (χ4v) is 8.22. The Morgan fingerprint density at radius 3 is 1.82 bits per heavy atom. The highest BCUT2D eigenvalue weighted by Crippen LogP contribution is 2.39. The topological polar surface area (TPSA) is 238 Å². The van der Waals surface area contributed by atoms with Crippen molar-refractivity contribution in [2.24, 2.45) is 0 Å². The quantitative estimate of drug-likeness (QED) is 0.135. The van der Waals surface area contributed by atoms with Crippen molar-refractivity contribution in [3.63, 3.8) is 0 Å². The number of nitrogens with one attached hydrogen (secondary N) is 3. The van der Waals surface area contributed by atoms with Crippen molar-refractivity contribution in [1.29, 1.82) is 0 Å². The van der Waals surface area contributed by atoms with Gasteiger partial charge >= 0.3 is 12.2 Å². The summed E-state index contributed by atoms with van der Waals surface area (Å²) in [5.41, 5.74) is 6.57. The highest BCUT2D eigenvalue weighted by atomic mass is 16.6. The van der Waals surface area contributed by atoms with Crippen LogP contribution in [-0.2, 0) is 53.0 Å². The molecule has 4 aromatic heterocycles. The molecule has 330 valence electrons. The summed E-state index contributed by atoms with van der Waals surface area (Å²) in [5, 5.41) is 35.7. The van der Waals surface area contributed by atoms with Crippen LogP contribution in [-0.4, -0.2) is 129 Å². The Balaban J connectivity index is 0.000000186. The number of carbonyl (C=O) groups excluding carboxylic acids is 2. The Bertz CT molecular complexity index is 2230. The number of hydrogen-bond donors (Lipinski definition) is 5. The van der Waals surface area contributed by atoms with Gasteiger partial charge in [-0.2, -0.15) is 10.2 Å². The van der Waals surface area contributed by atoms with E-state index < -0.39 is 17.7 Å². The van der Waals surface area contributed by atoms with E-state index in [9.17, 15) is 24.3 Å². The lowest BCUT2D eigenvalue weighted by molar-refractivity contribution is -0.0856. The molecule has 2 aliphatic carbocycles. The lowest BCUT2D eigenvalue weighted by Crippen LogP contribution is -2.46. The van der Waals surface area contributed by atoms with Crippen LogP contribution in [0.2, 0.25) is 0 Å². The van der Waals surface area contributed by atoms with E-state index >= 15 is 0 Å². The van der Waals surface area contributed by atoms with Gasteiger partial charge in [0.05, 0.1) is 56.5 Å². The molecule has 0 bridgehead atoms. The van der Waals surface area contributed by atoms with Gasteiger partial charge < -0.3 is 54.1 Å². The number of hydrogen-bond acceptors (Lipinski definition) is 11. The third-order valence-corrected chi connectivity index (χ3v) is 11.3. The van der Waals surface area contributed by atoms with Crippen molar-refractivity contribution in [2.75, 3.05) is 52.6 Å². The lowest BCUT2D eigenvalue weighted by atomic mass is 9.93. The number of aromatic nitrogens is 4. The minimum absolute atomic E-state index is 0.0792. The molecule has 0 spiro atoms. The minimum atomic E-state index is -1.05. The molecule has 8 rings (SSSR count). The molecule has 19 nitrogen and oxygen atoms in total. The molecule has 4 aromatic rings. The summed E-state index contributed by atoms with van der Waals surface area (Å²) < 4.78 is 31.9.